The Kier molecular flexibility index (Phi) is 5.75. The van der Waals surface area contributed by atoms with Gasteiger partial charge in [-0.15, -0.1) is 0 Å². The number of amides is 4. The van der Waals surface area contributed by atoms with E-state index in [0.29, 0.717) is 17.7 Å². The average molecular weight is 429 g/mol. The van der Waals surface area contributed by atoms with Gasteiger partial charge in [-0.05, 0) is 41.3 Å². The number of aliphatic hydroxyl groups excluding tert-OH is 1. The molecule has 1 aliphatic heterocycles. The van der Waals surface area contributed by atoms with E-state index in [2.05, 4.69) is 16.0 Å². The predicted octanol–water partition coefficient (Wildman–Crippen LogP) is 2.92. The molecule has 3 aromatic carbocycles. The lowest BCUT2D eigenvalue weighted by Gasteiger charge is -2.27. The Morgan fingerprint density at radius 1 is 0.938 bits per heavy atom. The molecule has 4 N–H and O–H groups in total. The monoisotopic (exact) mass is 429 g/mol. The number of rotatable bonds is 6. The molecule has 1 saturated heterocycles. The van der Waals surface area contributed by atoms with Crippen molar-refractivity contribution in [1.29, 1.82) is 0 Å². The number of carbonyl (C=O) groups excluding carboxylic acids is 3. The van der Waals surface area contributed by atoms with Crippen LogP contribution in [0.25, 0.3) is 11.1 Å². The van der Waals surface area contributed by atoms with Crippen molar-refractivity contribution in [2.75, 3.05) is 0 Å². The summed E-state index contributed by atoms with van der Waals surface area (Å²) >= 11 is 0. The van der Waals surface area contributed by atoms with E-state index in [1.165, 1.54) is 6.92 Å². The van der Waals surface area contributed by atoms with Crippen molar-refractivity contribution in [3.05, 3.63) is 95.6 Å². The van der Waals surface area contributed by atoms with E-state index in [-0.39, 0.29) is 5.91 Å². The van der Waals surface area contributed by atoms with Crippen molar-refractivity contribution in [3.63, 3.8) is 0 Å². The third-order valence-electron chi connectivity index (χ3n) is 5.62. The van der Waals surface area contributed by atoms with Crippen LogP contribution in [-0.4, -0.2) is 28.5 Å². The Hall–Kier alpha value is -3.97. The molecule has 4 amide bonds. The first-order valence-electron chi connectivity index (χ1n) is 10.2. The SMILES string of the molecule is CC1(C(O)c2ccc(-c3ccc(C(=O)NCc4ccccc4)cc3)cc2)NC(=O)NC1=O. The van der Waals surface area contributed by atoms with Crippen molar-refractivity contribution >= 4 is 17.8 Å². The maximum absolute atomic E-state index is 12.4. The first-order chi connectivity index (χ1) is 15.4. The van der Waals surface area contributed by atoms with Crippen molar-refractivity contribution in [1.82, 2.24) is 16.0 Å². The normalized spacial score (nSPS) is 18.6. The van der Waals surface area contributed by atoms with Gasteiger partial charge in [-0.25, -0.2) is 4.79 Å². The summed E-state index contributed by atoms with van der Waals surface area (Å²) in [5.41, 5.74) is 2.47. The molecule has 7 nitrogen and oxygen atoms in total. The molecule has 0 aliphatic carbocycles. The fourth-order valence-electron chi connectivity index (χ4n) is 3.63. The van der Waals surface area contributed by atoms with Crippen LogP contribution in [0, 0.1) is 0 Å². The lowest BCUT2D eigenvalue weighted by Crippen LogP contribution is -2.49. The highest BCUT2D eigenvalue weighted by atomic mass is 16.3. The van der Waals surface area contributed by atoms with E-state index in [4.69, 9.17) is 0 Å². The summed E-state index contributed by atoms with van der Waals surface area (Å²) in [6.45, 7) is 1.94. The van der Waals surface area contributed by atoms with Crippen LogP contribution in [0.5, 0.6) is 0 Å². The first-order valence-corrected chi connectivity index (χ1v) is 10.2. The molecule has 0 aromatic heterocycles. The van der Waals surface area contributed by atoms with Gasteiger partial charge in [0.15, 0.2) is 0 Å². The molecule has 32 heavy (non-hydrogen) atoms. The van der Waals surface area contributed by atoms with E-state index in [0.717, 1.165) is 16.7 Å². The van der Waals surface area contributed by atoms with E-state index in [9.17, 15) is 19.5 Å². The molecule has 2 unspecified atom stereocenters. The van der Waals surface area contributed by atoms with Gasteiger partial charge in [0.25, 0.3) is 11.8 Å². The van der Waals surface area contributed by atoms with Crippen LogP contribution in [0.2, 0.25) is 0 Å². The Balaban J connectivity index is 1.42. The molecule has 162 valence electrons. The van der Waals surface area contributed by atoms with Gasteiger partial charge in [0, 0.05) is 12.1 Å². The highest BCUT2D eigenvalue weighted by Crippen LogP contribution is 2.30. The second-order valence-corrected chi connectivity index (χ2v) is 7.88. The lowest BCUT2D eigenvalue weighted by molar-refractivity contribution is -0.127. The molecule has 1 heterocycles. The van der Waals surface area contributed by atoms with Crippen molar-refractivity contribution < 1.29 is 19.5 Å². The van der Waals surface area contributed by atoms with Gasteiger partial charge in [-0.2, -0.15) is 0 Å². The summed E-state index contributed by atoms with van der Waals surface area (Å²) in [7, 11) is 0. The smallest absolute Gasteiger partial charge is 0.322 e. The molecule has 0 saturated carbocycles. The number of urea groups is 1. The third kappa shape index (κ3) is 4.24. The summed E-state index contributed by atoms with van der Waals surface area (Å²) in [6.07, 6.45) is -1.20. The molecule has 4 rings (SSSR count). The summed E-state index contributed by atoms with van der Waals surface area (Å²) in [4.78, 5) is 35.9. The van der Waals surface area contributed by atoms with E-state index >= 15 is 0 Å². The van der Waals surface area contributed by atoms with Crippen LogP contribution < -0.4 is 16.0 Å². The quantitative estimate of drug-likeness (QED) is 0.452. The summed E-state index contributed by atoms with van der Waals surface area (Å²) in [5.74, 6) is -0.718. The number of nitrogens with one attached hydrogen (secondary N) is 3. The van der Waals surface area contributed by atoms with E-state index in [1.807, 2.05) is 54.6 Å². The molecule has 0 bridgehead atoms. The fraction of sp³-hybridized carbons (Fsp3) is 0.160. The van der Waals surface area contributed by atoms with Crippen molar-refractivity contribution in [2.24, 2.45) is 0 Å². The summed E-state index contributed by atoms with van der Waals surface area (Å²) < 4.78 is 0. The summed E-state index contributed by atoms with van der Waals surface area (Å²) in [5, 5.41) is 18.2. The van der Waals surface area contributed by atoms with Gasteiger partial charge >= 0.3 is 6.03 Å². The third-order valence-corrected chi connectivity index (χ3v) is 5.62. The van der Waals surface area contributed by atoms with E-state index < -0.39 is 23.6 Å². The Bertz CT molecular complexity index is 1140. The van der Waals surface area contributed by atoms with Crippen LogP contribution in [0.15, 0.2) is 78.9 Å². The van der Waals surface area contributed by atoms with Crippen molar-refractivity contribution in [2.45, 2.75) is 25.1 Å². The van der Waals surface area contributed by atoms with Gasteiger partial charge in [0.2, 0.25) is 0 Å². The number of hydrogen-bond acceptors (Lipinski definition) is 4. The number of carbonyl (C=O) groups is 3. The maximum atomic E-state index is 12.4. The topological polar surface area (TPSA) is 108 Å². The van der Waals surface area contributed by atoms with Gasteiger partial charge < -0.3 is 15.7 Å². The molecule has 0 radical (unpaired) electrons. The minimum Gasteiger partial charge on any atom is -0.385 e. The number of imide groups is 1. The number of hydrogen-bond donors (Lipinski definition) is 4. The predicted molar refractivity (Wildman–Crippen MR) is 120 cm³/mol. The molecular formula is C25H23N3O4. The van der Waals surface area contributed by atoms with Crippen LogP contribution in [-0.2, 0) is 11.3 Å². The van der Waals surface area contributed by atoms with Crippen LogP contribution >= 0.6 is 0 Å². The van der Waals surface area contributed by atoms with Crippen LogP contribution in [0.1, 0.15) is 34.5 Å². The zero-order chi connectivity index (χ0) is 22.7. The van der Waals surface area contributed by atoms with Gasteiger partial charge in [-0.1, -0.05) is 66.7 Å². The number of benzene rings is 3. The van der Waals surface area contributed by atoms with E-state index in [1.54, 1.807) is 24.3 Å². The van der Waals surface area contributed by atoms with Gasteiger partial charge in [0.05, 0.1) is 0 Å². The molecule has 7 heteroatoms. The zero-order valence-corrected chi connectivity index (χ0v) is 17.5. The number of aliphatic hydroxyl groups is 1. The average Bonchev–Trinajstić information content (AvgIpc) is 3.09. The molecule has 1 fully saturated rings. The molecule has 2 atom stereocenters. The standard InChI is InChI=1S/C25H23N3O4/c1-25(23(31)27-24(32)28-25)21(29)19-11-7-17(8-12-19)18-9-13-20(14-10-18)22(30)26-15-16-5-3-2-4-6-16/h2-14,21,29H,15H2,1H3,(H,26,30)(H2,27,28,31,32). The minimum atomic E-state index is -1.42. The van der Waals surface area contributed by atoms with Gasteiger partial charge in [-0.3, -0.25) is 14.9 Å². The van der Waals surface area contributed by atoms with Crippen LogP contribution in [0.4, 0.5) is 4.79 Å². The minimum absolute atomic E-state index is 0.149. The molecular weight excluding hydrogens is 406 g/mol. The molecule has 3 aromatic rings. The molecule has 1 aliphatic rings. The second kappa shape index (κ2) is 8.64. The first kappa shape index (κ1) is 21.3. The Labute approximate surface area is 185 Å². The Morgan fingerprint density at radius 2 is 1.53 bits per heavy atom. The maximum Gasteiger partial charge on any atom is 0.322 e. The second-order valence-electron chi connectivity index (χ2n) is 7.88. The van der Waals surface area contributed by atoms with Crippen molar-refractivity contribution in [3.8, 4) is 11.1 Å². The van der Waals surface area contributed by atoms with Crippen LogP contribution in [0.3, 0.4) is 0 Å². The lowest BCUT2D eigenvalue weighted by atomic mass is 9.88. The zero-order valence-electron chi connectivity index (χ0n) is 17.5. The highest BCUT2D eigenvalue weighted by Gasteiger charge is 2.48. The van der Waals surface area contributed by atoms with Gasteiger partial charge in [0.1, 0.15) is 11.6 Å². The fourth-order valence-corrected chi connectivity index (χ4v) is 3.63. The largest absolute Gasteiger partial charge is 0.385 e. The highest BCUT2D eigenvalue weighted by molar-refractivity contribution is 6.07. The Morgan fingerprint density at radius 3 is 2.09 bits per heavy atom. The molecule has 0 spiro atoms. The summed E-state index contributed by atoms with van der Waals surface area (Å²) in [6, 6.07) is 23.4.